The molecule has 0 saturated heterocycles. The lowest BCUT2D eigenvalue weighted by atomic mass is 9.85. The monoisotopic (exact) mass is 335 g/mol. The van der Waals surface area contributed by atoms with E-state index in [2.05, 4.69) is 90.9 Å². The molecule has 1 unspecified atom stereocenters. The van der Waals surface area contributed by atoms with E-state index in [4.69, 9.17) is 4.99 Å². The van der Waals surface area contributed by atoms with Crippen molar-refractivity contribution in [2.45, 2.75) is 66.7 Å². The maximum Gasteiger partial charge on any atom is 0.0660 e. The summed E-state index contributed by atoms with van der Waals surface area (Å²) in [5, 5.41) is 0. The minimum absolute atomic E-state index is 0.211. The Labute approximate surface area is 154 Å². The third-order valence-corrected chi connectivity index (χ3v) is 5.05. The van der Waals surface area contributed by atoms with Crippen LogP contribution in [0.4, 0.5) is 5.69 Å². The van der Waals surface area contributed by atoms with Gasteiger partial charge in [0.2, 0.25) is 0 Å². The lowest BCUT2D eigenvalue weighted by Gasteiger charge is -2.20. The van der Waals surface area contributed by atoms with Gasteiger partial charge >= 0.3 is 0 Å². The van der Waals surface area contributed by atoms with Crippen LogP contribution in [0, 0.1) is 19.8 Å². The lowest BCUT2D eigenvalue weighted by Crippen LogP contribution is -2.14. The van der Waals surface area contributed by atoms with Gasteiger partial charge in [0, 0.05) is 11.6 Å². The van der Waals surface area contributed by atoms with Crippen molar-refractivity contribution in [3.05, 3.63) is 64.7 Å². The first kappa shape index (κ1) is 19.4. The van der Waals surface area contributed by atoms with Crippen LogP contribution in [0.15, 0.2) is 47.5 Å². The molecule has 1 atom stereocenters. The molecule has 0 heterocycles. The van der Waals surface area contributed by atoms with Gasteiger partial charge in [-0.3, -0.25) is 4.99 Å². The summed E-state index contributed by atoms with van der Waals surface area (Å²) < 4.78 is 0. The van der Waals surface area contributed by atoms with Crippen molar-refractivity contribution in [2.75, 3.05) is 0 Å². The second-order valence-electron chi connectivity index (χ2n) is 8.30. The van der Waals surface area contributed by atoms with E-state index in [1.165, 1.54) is 28.0 Å². The van der Waals surface area contributed by atoms with Gasteiger partial charge in [-0.1, -0.05) is 64.1 Å². The van der Waals surface area contributed by atoms with Crippen LogP contribution in [0.2, 0.25) is 0 Å². The Balaban J connectivity index is 2.18. The zero-order chi connectivity index (χ0) is 18.6. The van der Waals surface area contributed by atoms with E-state index in [0.717, 1.165) is 18.5 Å². The molecule has 0 aliphatic rings. The van der Waals surface area contributed by atoms with Crippen molar-refractivity contribution in [2.24, 2.45) is 10.9 Å². The summed E-state index contributed by atoms with van der Waals surface area (Å²) in [5.41, 5.74) is 7.86. The Hall–Kier alpha value is -1.89. The first-order chi connectivity index (χ1) is 11.7. The average Bonchev–Trinajstić information content (AvgIpc) is 2.55. The smallest absolute Gasteiger partial charge is 0.0660 e. The maximum atomic E-state index is 4.96. The highest BCUT2D eigenvalue weighted by molar-refractivity contribution is 5.87. The van der Waals surface area contributed by atoms with Crippen LogP contribution in [0.1, 0.15) is 63.3 Å². The zero-order valence-electron chi connectivity index (χ0n) is 17.0. The second-order valence-corrected chi connectivity index (χ2v) is 8.30. The molecule has 0 saturated carbocycles. The van der Waals surface area contributed by atoms with Crippen molar-refractivity contribution in [3.8, 4) is 0 Å². The topological polar surface area (TPSA) is 12.4 Å². The molecular weight excluding hydrogens is 302 g/mol. The molecule has 2 aromatic carbocycles. The molecule has 0 bridgehead atoms. The van der Waals surface area contributed by atoms with E-state index >= 15 is 0 Å². The summed E-state index contributed by atoms with van der Waals surface area (Å²) in [6.45, 7) is 15.5. The molecule has 0 N–H and O–H groups in total. The average molecular weight is 336 g/mol. The SMILES string of the molecule is CCC(Cc1ccc(C(C)(C)C)cc1)C(C)=Nc1cc(C)ccc1C. The van der Waals surface area contributed by atoms with Crippen molar-refractivity contribution < 1.29 is 0 Å². The van der Waals surface area contributed by atoms with Gasteiger partial charge in [0.05, 0.1) is 5.69 Å². The van der Waals surface area contributed by atoms with Crippen LogP contribution in [-0.2, 0) is 11.8 Å². The van der Waals surface area contributed by atoms with Gasteiger partial charge in [-0.25, -0.2) is 0 Å². The Bertz CT molecular complexity index is 730. The van der Waals surface area contributed by atoms with Gasteiger partial charge < -0.3 is 0 Å². The molecular formula is C24H33N. The van der Waals surface area contributed by atoms with Crippen molar-refractivity contribution in [1.82, 2.24) is 0 Å². The third-order valence-electron chi connectivity index (χ3n) is 5.05. The number of aliphatic imine (C=N–C) groups is 1. The fraction of sp³-hybridized carbons (Fsp3) is 0.458. The van der Waals surface area contributed by atoms with Crippen molar-refractivity contribution in [3.63, 3.8) is 0 Å². The standard InChI is InChI=1S/C24H33N/c1-8-21(16-20-11-13-22(14-12-20)24(5,6)7)19(4)25-23-15-17(2)9-10-18(23)3/h9-15,21H,8,16H2,1-7H3. The van der Waals surface area contributed by atoms with Crippen LogP contribution in [0.5, 0.6) is 0 Å². The molecule has 1 heteroatoms. The minimum atomic E-state index is 0.211. The largest absolute Gasteiger partial charge is 0.258 e. The van der Waals surface area contributed by atoms with Gasteiger partial charge in [0.25, 0.3) is 0 Å². The van der Waals surface area contributed by atoms with E-state index in [1.54, 1.807) is 0 Å². The van der Waals surface area contributed by atoms with Crippen LogP contribution < -0.4 is 0 Å². The number of hydrogen-bond donors (Lipinski definition) is 0. The predicted octanol–water partition coefficient (Wildman–Crippen LogP) is 6.96. The fourth-order valence-electron chi connectivity index (χ4n) is 3.13. The van der Waals surface area contributed by atoms with Crippen LogP contribution in [-0.4, -0.2) is 5.71 Å². The Kier molecular flexibility index (Phi) is 6.21. The highest BCUT2D eigenvalue weighted by atomic mass is 14.8. The van der Waals surface area contributed by atoms with Crippen LogP contribution >= 0.6 is 0 Å². The molecule has 0 radical (unpaired) electrons. The van der Waals surface area contributed by atoms with Crippen molar-refractivity contribution in [1.29, 1.82) is 0 Å². The molecule has 134 valence electrons. The Morgan fingerprint density at radius 1 is 1.00 bits per heavy atom. The summed E-state index contributed by atoms with van der Waals surface area (Å²) in [5.74, 6) is 0.486. The molecule has 2 aromatic rings. The van der Waals surface area contributed by atoms with Gasteiger partial charge in [-0.15, -0.1) is 0 Å². The summed E-state index contributed by atoms with van der Waals surface area (Å²) in [6, 6.07) is 15.6. The number of rotatable bonds is 5. The predicted molar refractivity (Wildman–Crippen MR) is 111 cm³/mol. The molecule has 0 spiro atoms. The van der Waals surface area contributed by atoms with Gasteiger partial charge in [0.15, 0.2) is 0 Å². The molecule has 1 nitrogen and oxygen atoms in total. The minimum Gasteiger partial charge on any atom is -0.258 e. The molecule has 25 heavy (non-hydrogen) atoms. The quantitative estimate of drug-likeness (QED) is 0.524. The van der Waals surface area contributed by atoms with Crippen LogP contribution in [0.3, 0.4) is 0 Å². The molecule has 0 aliphatic carbocycles. The van der Waals surface area contributed by atoms with Crippen molar-refractivity contribution >= 4 is 11.4 Å². The Morgan fingerprint density at radius 2 is 1.64 bits per heavy atom. The Morgan fingerprint density at radius 3 is 2.20 bits per heavy atom. The number of hydrogen-bond acceptors (Lipinski definition) is 1. The lowest BCUT2D eigenvalue weighted by molar-refractivity contribution is 0.589. The molecule has 2 rings (SSSR count). The summed E-state index contributed by atoms with van der Waals surface area (Å²) in [6.07, 6.45) is 2.17. The van der Waals surface area contributed by atoms with Gasteiger partial charge in [-0.05, 0) is 67.3 Å². The van der Waals surface area contributed by atoms with E-state index in [-0.39, 0.29) is 5.41 Å². The number of nitrogens with zero attached hydrogens (tertiary/aromatic N) is 1. The van der Waals surface area contributed by atoms with E-state index in [1.807, 2.05) is 0 Å². The highest BCUT2D eigenvalue weighted by Crippen LogP contribution is 2.25. The first-order valence-corrected chi connectivity index (χ1v) is 9.42. The molecule has 0 aliphatic heterocycles. The fourth-order valence-corrected chi connectivity index (χ4v) is 3.13. The van der Waals surface area contributed by atoms with Gasteiger partial charge in [-0.2, -0.15) is 0 Å². The molecule has 0 aromatic heterocycles. The molecule has 0 fully saturated rings. The normalized spacial score (nSPS) is 13.8. The summed E-state index contributed by atoms with van der Waals surface area (Å²) in [7, 11) is 0. The van der Waals surface area contributed by atoms with Crippen LogP contribution in [0.25, 0.3) is 0 Å². The first-order valence-electron chi connectivity index (χ1n) is 9.42. The second kappa shape index (κ2) is 7.99. The van der Waals surface area contributed by atoms with E-state index in [0.29, 0.717) is 5.92 Å². The highest BCUT2D eigenvalue weighted by Gasteiger charge is 2.15. The number of aryl methyl sites for hydroxylation is 2. The summed E-state index contributed by atoms with van der Waals surface area (Å²) in [4.78, 5) is 4.96. The molecule has 0 amide bonds. The summed E-state index contributed by atoms with van der Waals surface area (Å²) >= 11 is 0. The zero-order valence-corrected chi connectivity index (χ0v) is 17.0. The maximum absolute atomic E-state index is 4.96. The third kappa shape index (κ3) is 5.29. The van der Waals surface area contributed by atoms with Gasteiger partial charge in [0.1, 0.15) is 0 Å². The number of benzene rings is 2. The van der Waals surface area contributed by atoms with E-state index in [9.17, 15) is 0 Å². The van der Waals surface area contributed by atoms with E-state index < -0.39 is 0 Å².